The largest absolute Gasteiger partial charge is 0.344 e. The van der Waals surface area contributed by atoms with Gasteiger partial charge >= 0.3 is 0 Å². The average molecular weight is 419 g/mol. The van der Waals surface area contributed by atoms with E-state index in [1.54, 1.807) is 24.5 Å². The van der Waals surface area contributed by atoms with Crippen molar-refractivity contribution in [3.05, 3.63) is 36.8 Å². The van der Waals surface area contributed by atoms with Crippen molar-refractivity contribution in [3.63, 3.8) is 0 Å². The molecule has 0 fully saturated rings. The number of nitrogens with one attached hydrogen (secondary N) is 2. The predicted molar refractivity (Wildman–Crippen MR) is 115 cm³/mol. The Morgan fingerprint density at radius 1 is 1.17 bits per heavy atom. The number of aromatic nitrogens is 1. The molecule has 0 aromatic carbocycles. The van der Waals surface area contributed by atoms with E-state index in [0.29, 0.717) is 17.2 Å². The number of carbonyl (C=O) groups excluding carboxylic acids is 3. The molecule has 2 atom stereocenters. The third-order valence-corrected chi connectivity index (χ3v) is 4.51. The lowest BCUT2D eigenvalue weighted by atomic mass is 9.85. The second kappa shape index (κ2) is 10.9. The summed E-state index contributed by atoms with van der Waals surface area (Å²) in [6, 6.07) is 2.49. The molecule has 8 nitrogen and oxygen atoms in total. The summed E-state index contributed by atoms with van der Waals surface area (Å²) >= 11 is 0. The van der Waals surface area contributed by atoms with Gasteiger partial charge in [-0.3, -0.25) is 24.6 Å². The van der Waals surface area contributed by atoms with Crippen LogP contribution in [0.2, 0.25) is 0 Å². The van der Waals surface area contributed by atoms with E-state index in [2.05, 4.69) is 22.2 Å². The summed E-state index contributed by atoms with van der Waals surface area (Å²) in [5, 5.41) is 15.9. The number of nitrogens with zero attached hydrogens (tertiary/aromatic N) is 2. The van der Waals surface area contributed by atoms with Gasteiger partial charge in [-0.2, -0.15) is 5.06 Å². The minimum Gasteiger partial charge on any atom is -0.344 e. The van der Waals surface area contributed by atoms with E-state index in [1.807, 2.05) is 34.6 Å². The second-order valence-electron chi connectivity index (χ2n) is 9.00. The van der Waals surface area contributed by atoms with Gasteiger partial charge in [0, 0.05) is 36.1 Å². The summed E-state index contributed by atoms with van der Waals surface area (Å²) in [5.74, 6) is -1.93. The van der Waals surface area contributed by atoms with Gasteiger partial charge in [-0.05, 0) is 36.8 Å². The standard InChI is InChI=1S/C22H34N4O4/c1-14(2)12-16(13-18(27)26(30)15(3)4)20(28)25-19(22(5,6)7)21(29)24-17-8-10-23-11-9-17/h8-11,14,16,19,30H,3,12-13H2,1-2,4-7H3,(H,25,28)(H,23,24,29)/t16-,19-/m1/s1. The molecule has 1 heterocycles. The molecule has 1 aromatic heterocycles. The monoisotopic (exact) mass is 418 g/mol. The highest BCUT2D eigenvalue weighted by molar-refractivity contribution is 5.98. The van der Waals surface area contributed by atoms with Gasteiger partial charge < -0.3 is 10.6 Å². The Bertz CT molecular complexity index is 756. The van der Waals surface area contributed by atoms with E-state index < -0.39 is 29.2 Å². The molecule has 1 rings (SSSR count). The van der Waals surface area contributed by atoms with Crippen LogP contribution in [-0.4, -0.2) is 39.0 Å². The van der Waals surface area contributed by atoms with Crippen molar-refractivity contribution in [2.75, 3.05) is 5.32 Å². The first-order valence-corrected chi connectivity index (χ1v) is 10.0. The molecule has 1 aromatic rings. The molecule has 0 spiro atoms. The van der Waals surface area contributed by atoms with Gasteiger partial charge in [-0.25, -0.2) is 0 Å². The first-order valence-electron chi connectivity index (χ1n) is 10.0. The summed E-state index contributed by atoms with van der Waals surface area (Å²) < 4.78 is 0. The highest BCUT2D eigenvalue weighted by Gasteiger charge is 2.35. The van der Waals surface area contributed by atoms with Crippen LogP contribution in [0.3, 0.4) is 0 Å². The topological polar surface area (TPSA) is 112 Å². The number of rotatable bonds is 9. The molecule has 30 heavy (non-hydrogen) atoms. The molecule has 0 unspecified atom stereocenters. The van der Waals surface area contributed by atoms with Crippen LogP contribution in [0.5, 0.6) is 0 Å². The first-order chi connectivity index (χ1) is 13.8. The predicted octanol–water partition coefficient (Wildman–Crippen LogP) is 3.35. The molecule has 0 saturated heterocycles. The number of hydrogen-bond acceptors (Lipinski definition) is 5. The lowest BCUT2D eigenvalue weighted by Gasteiger charge is -2.32. The number of carbonyl (C=O) groups is 3. The quantitative estimate of drug-likeness (QED) is 0.421. The van der Waals surface area contributed by atoms with Crippen molar-refractivity contribution in [2.24, 2.45) is 17.3 Å². The summed E-state index contributed by atoms with van der Waals surface area (Å²) in [4.78, 5) is 42.1. The molecule has 0 aliphatic rings. The van der Waals surface area contributed by atoms with E-state index in [1.165, 1.54) is 6.92 Å². The van der Waals surface area contributed by atoms with Gasteiger partial charge in [0.2, 0.25) is 11.8 Å². The van der Waals surface area contributed by atoms with Crippen LogP contribution in [-0.2, 0) is 14.4 Å². The molecule has 3 amide bonds. The minimum absolute atomic E-state index is 0.143. The van der Waals surface area contributed by atoms with Crippen molar-refractivity contribution in [2.45, 2.75) is 60.4 Å². The van der Waals surface area contributed by atoms with E-state index >= 15 is 0 Å². The lowest BCUT2D eigenvalue weighted by Crippen LogP contribution is -2.53. The molecule has 0 radical (unpaired) electrons. The Balaban J connectivity index is 3.00. The number of hydroxylamine groups is 2. The van der Waals surface area contributed by atoms with Crippen LogP contribution >= 0.6 is 0 Å². The zero-order valence-electron chi connectivity index (χ0n) is 18.7. The molecular formula is C22H34N4O4. The minimum atomic E-state index is -0.825. The zero-order valence-corrected chi connectivity index (χ0v) is 18.7. The van der Waals surface area contributed by atoms with Crippen molar-refractivity contribution in [1.82, 2.24) is 15.4 Å². The number of hydrogen-bond donors (Lipinski definition) is 3. The first kappa shape index (κ1) is 25.3. The van der Waals surface area contributed by atoms with E-state index in [4.69, 9.17) is 0 Å². The molecule has 0 aliphatic heterocycles. The average Bonchev–Trinajstić information content (AvgIpc) is 2.63. The third-order valence-electron chi connectivity index (χ3n) is 4.51. The van der Waals surface area contributed by atoms with Crippen LogP contribution in [0.4, 0.5) is 5.69 Å². The number of anilines is 1. The van der Waals surface area contributed by atoms with Crippen molar-refractivity contribution in [3.8, 4) is 0 Å². The fourth-order valence-corrected chi connectivity index (χ4v) is 2.95. The summed E-state index contributed by atoms with van der Waals surface area (Å²) in [7, 11) is 0. The van der Waals surface area contributed by atoms with Gasteiger partial charge in [0.1, 0.15) is 6.04 Å². The zero-order chi connectivity index (χ0) is 23.1. The van der Waals surface area contributed by atoms with E-state index in [-0.39, 0.29) is 23.9 Å². The second-order valence-corrected chi connectivity index (χ2v) is 9.00. The number of pyridine rings is 1. The van der Waals surface area contributed by atoms with Crippen molar-refractivity contribution < 1.29 is 19.6 Å². The Labute approximate surface area is 178 Å². The fraction of sp³-hybridized carbons (Fsp3) is 0.545. The van der Waals surface area contributed by atoms with Gasteiger partial charge in [-0.15, -0.1) is 0 Å². The van der Waals surface area contributed by atoms with Gasteiger partial charge in [0.15, 0.2) is 0 Å². The van der Waals surface area contributed by atoms with Gasteiger partial charge in [0.05, 0.1) is 0 Å². The fourth-order valence-electron chi connectivity index (χ4n) is 2.95. The molecule has 8 heteroatoms. The maximum absolute atomic E-state index is 13.0. The summed E-state index contributed by atoms with van der Waals surface area (Å²) in [6.45, 7) is 14.5. The SMILES string of the molecule is C=C(C)N(O)C(=O)C[C@@H](CC(C)C)C(=O)N[C@H](C(=O)Nc1ccncc1)C(C)(C)C. The number of amides is 3. The molecule has 166 valence electrons. The van der Waals surface area contributed by atoms with Crippen molar-refractivity contribution in [1.29, 1.82) is 0 Å². The molecular weight excluding hydrogens is 384 g/mol. The van der Waals surface area contributed by atoms with Crippen LogP contribution < -0.4 is 10.6 Å². The van der Waals surface area contributed by atoms with Crippen LogP contribution in [0, 0.1) is 17.3 Å². The highest BCUT2D eigenvalue weighted by Crippen LogP contribution is 2.24. The van der Waals surface area contributed by atoms with Gasteiger partial charge in [0.25, 0.3) is 5.91 Å². The number of allylic oxidation sites excluding steroid dienone is 1. The summed E-state index contributed by atoms with van der Waals surface area (Å²) in [6.07, 6.45) is 3.38. The molecule has 0 saturated carbocycles. The van der Waals surface area contributed by atoms with Crippen LogP contribution in [0.1, 0.15) is 54.4 Å². The highest BCUT2D eigenvalue weighted by atomic mass is 16.5. The smallest absolute Gasteiger partial charge is 0.251 e. The lowest BCUT2D eigenvalue weighted by molar-refractivity contribution is -0.159. The van der Waals surface area contributed by atoms with Gasteiger partial charge in [-0.1, -0.05) is 41.2 Å². The molecule has 3 N–H and O–H groups in total. The Morgan fingerprint density at radius 2 is 1.73 bits per heavy atom. The normalized spacial score (nSPS) is 13.3. The van der Waals surface area contributed by atoms with Crippen LogP contribution in [0.15, 0.2) is 36.8 Å². The summed E-state index contributed by atoms with van der Waals surface area (Å²) in [5.41, 5.74) is 0.178. The Kier molecular flexibility index (Phi) is 9.17. The maximum atomic E-state index is 13.0. The Hall–Kier alpha value is -2.74. The Morgan fingerprint density at radius 3 is 2.20 bits per heavy atom. The van der Waals surface area contributed by atoms with E-state index in [0.717, 1.165) is 0 Å². The maximum Gasteiger partial charge on any atom is 0.251 e. The third kappa shape index (κ3) is 7.94. The van der Waals surface area contributed by atoms with Crippen molar-refractivity contribution >= 4 is 23.4 Å². The molecule has 0 aliphatic carbocycles. The van der Waals surface area contributed by atoms with E-state index in [9.17, 15) is 19.6 Å². The molecule has 0 bridgehead atoms. The van der Waals surface area contributed by atoms with Crippen LogP contribution in [0.25, 0.3) is 0 Å².